The third-order valence-corrected chi connectivity index (χ3v) is 4.84. The van der Waals surface area contributed by atoms with Gasteiger partial charge in [0.05, 0.1) is 11.1 Å². The molecule has 1 fully saturated rings. The second-order valence-corrected chi connectivity index (χ2v) is 6.48. The van der Waals surface area contributed by atoms with Crippen LogP contribution in [0.4, 0.5) is 0 Å². The molecule has 0 radical (unpaired) electrons. The van der Waals surface area contributed by atoms with Crippen LogP contribution in [0.25, 0.3) is 0 Å². The molecule has 1 aromatic heterocycles. The van der Waals surface area contributed by atoms with Crippen molar-refractivity contribution in [3.05, 3.63) is 16.1 Å². The Labute approximate surface area is 131 Å². The lowest BCUT2D eigenvalue weighted by atomic mass is 10.1. The molecule has 0 atom stereocenters. The van der Waals surface area contributed by atoms with Crippen LogP contribution >= 0.6 is 11.3 Å². The summed E-state index contributed by atoms with van der Waals surface area (Å²) in [5, 5.41) is 14.1. The first-order valence-corrected chi connectivity index (χ1v) is 8.69. The normalized spacial score (nSPS) is 17.3. The molecule has 1 aliphatic heterocycles. The molecule has 2 rings (SSSR count). The van der Waals surface area contributed by atoms with Crippen LogP contribution in [0.1, 0.15) is 36.6 Å². The maximum absolute atomic E-state index is 9.60. The summed E-state index contributed by atoms with van der Waals surface area (Å²) in [5.41, 5.74) is 0. The lowest BCUT2D eigenvalue weighted by Gasteiger charge is -2.32. The largest absolute Gasteiger partial charge is 0.393 e. The fourth-order valence-corrected chi connectivity index (χ4v) is 3.24. The number of thiazole rings is 1. The average molecular weight is 310 g/mol. The highest BCUT2D eigenvalue weighted by Crippen LogP contribution is 2.14. The van der Waals surface area contributed by atoms with Crippen LogP contribution in [0.5, 0.6) is 0 Å². The zero-order valence-electron chi connectivity index (χ0n) is 13.0. The number of nitrogens with one attached hydrogen (secondary N) is 1. The lowest BCUT2D eigenvalue weighted by molar-refractivity contribution is 0.108. The van der Waals surface area contributed by atoms with Crippen LogP contribution in [0.3, 0.4) is 0 Å². The smallest absolute Gasteiger partial charge is 0.193 e. The van der Waals surface area contributed by atoms with Crippen molar-refractivity contribution in [1.29, 1.82) is 0 Å². The summed E-state index contributed by atoms with van der Waals surface area (Å²) in [6.45, 7) is 7.63. The summed E-state index contributed by atoms with van der Waals surface area (Å²) in [4.78, 5) is 12.7. The number of rotatable bonds is 5. The molecule has 1 saturated heterocycles. The molecule has 5 nitrogen and oxygen atoms in total. The van der Waals surface area contributed by atoms with Crippen molar-refractivity contribution < 1.29 is 5.11 Å². The second-order valence-electron chi connectivity index (χ2n) is 5.28. The Morgan fingerprint density at radius 1 is 1.48 bits per heavy atom. The quantitative estimate of drug-likeness (QED) is 0.641. The summed E-state index contributed by atoms with van der Waals surface area (Å²) < 4.78 is 0. The maximum Gasteiger partial charge on any atom is 0.193 e. The molecule has 0 aliphatic carbocycles. The minimum atomic E-state index is -0.146. The first-order valence-electron chi connectivity index (χ1n) is 7.87. The van der Waals surface area contributed by atoms with E-state index in [-0.39, 0.29) is 6.10 Å². The summed E-state index contributed by atoms with van der Waals surface area (Å²) in [6, 6.07) is 0. The molecule has 0 unspecified atom stereocenters. The first-order chi connectivity index (χ1) is 10.2. The summed E-state index contributed by atoms with van der Waals surface area (Å²) in [6.07, 6.45) is 5.44. The van der Waals surface area contributed by atoms with Gasteiger partial charge in [-0.3, -0.25) is 4.99 Å². The van der Waals surface area contributed by atoms with Crippen molar-refractivity contribution in [2.75, 3.05) is 26.2 Å². The van der Waals surface area contributed by atoms with Gasteiger partial charge in [0.15, 0.2) is 5.96 Å². The number of hydrogen-bond donors (Lipinski definition) is 2. The van der Waals surface area contributed by atoms with Gasteiger partial charge in [0.25, 0.3) is 0 Å². The van der Waals surface area contributed by atoms with Crippen molar-refractivity contribution >= 4 is 17.3 Å². The molecule has 118 valence electrons. The minimum absolute atomic E-state index is 0.146. The molecule has 2 heterocycles. The number of guanidine groups is 1. The zero-order chi connectivity index (χ0) is 15.1. The summed E-state index contributed by atoms with van der Waals surface area (Å²) in [7, 11) is 0. The Kier molecular flexibility index (Phi) is 6.45. The van der Waals surface area contributed by atoms with Gasteiger partial charge in [-0.1, -0.05) is 6.92 Å². The molecule has 0 bridgehead atoms. The van der Waals surface area contributed by atoms with Gasteiger partial charge in [-0.05, 0) is 26.2 Å². The van der Waals surface area contributed by atoms with Gasteiger partial charge in [0.1, 0.15) is 0 Å². The number of aliphatic hydroxyl groups excluding tert-OH is 1. The van der Waals surface area contributed by atoms with Crippen molar-refractivity contribution in [3.8, 4) is 0 Å². The highest BCUT2D eigenvalue weighted by atomic mass is 32.1. The Morgan fingerprint density at radius 3 is 2.86 bits per heavy atom. The molecule has 0 saturated carbocycles. The highest BCUT2D eigenvalue weighted by Gasteiger charge is 2.19. The Balaban J connectivity index is 1.88. The second kappa shape index (κ2) is 8.34. The molecule has 21 heavy (non-hydrogen) atoms. The van der Waals surface area contributed by atoms with E-state index in [1.165, 1.54) is 9.88 Å². The molecular formula is C15H26N4OS. The van der Waals surface area contributed by atoms with Gasteiger partial charge in [-0.15, -0.1) is 11.3 Å². The molecule has 2 N–H and O–H groups in total. The predicted octanol–water partition coefficient (Wildman–Crippen LogP) is 1.67. The van der Waals surface area contributed by atoms with E-state index in [0.717, 1.165) is 57.8 Å². The molecule has 1 aromatic rings. The van der Waals surface area contributed by atoms with E-state index in [1.54, 1.807) is 11.3 Å². The van der Waals surface area contributed by atoms with Crippen LogP contribution in [0, 0.1) is 0 Å². The number of aryl methyl sites for hydroxylation is 1. The van der Waals surface area contributed by atoms with Crippen molar-refractivity contribution in [3.63, 3.8) is 0 Å². The van der Waals surface area contributed by atoms with Crippen LogP contribution in [-0.2, 0) is 12.8 Å². The number of hydrogen-bond acceptors (Lipinski definition) is 4. The lowest BCUT2D eigenvalue weighted by Crippen LogP contribution is -2.46. The SMILES string of the molecule is CCNC(=NCCc1ncc(CC)s1)N1CCC(O)CC1. The van der Waals surface area contributed by atoms with E-state index in [0.29, 0.717) is 0 Å². The van der Waals surface area contributed by atoms with Crippen LogP contribution in [0.2, 0.25) is 0 Å². The Bertz CT molecular complexity index is 452. The number of likely N-dealkylation sites (tertiary alicyclic amines) is 1. The van der Waals surface area contributed by atoms with E-state index in [1.807, 2.05) is 6.20 Å². The highest BCUT2D eigenvalue weighted by molar-refractivity contribution is 7.11. The minimum Gasteiger partial charge on any atom is -0.393 e. The number of aromatic nitrogens is 1. The maximum atomic E-state index is 9.60. The number of piperidine rings is 1. The molecular weight excluding hydrogens is 284 g/mol. The number of aliphatic imine (C=N–C) groups is 1. The third kappa shape index (κ3) is 4.97. The molecule has 1 aliphatic rings. The van der Waals surface area contributed by atoms with Crippen LogP contribution in [-0.4, -0.2) is 53.2 Å². The van der Waals surface area contributed by atoms with E-state index in [4.69, 9.17) is 4.99 Å². The standard InChI is InChI=1S/C15H26N4OS/c1-3-13-11-18-14(21-13)5-8-17-15(16-4-2)19-9-6-12(20)7-10-19/h11-12,20H,3-10H2,1-2H3,(H,16,17). The van der Waals surface area contributed by atoms with Gasteiger partial charge >= 0.3 is 0 Å². The Hall–Kier alpha value is -1.14. The Morgan fingerprint density at radius 2 is 2.24 bits per heavy atom. The van der Waals surface area contributed by atoms with Crippen molar-refractivity contribution in [2.45, 2.75) is 45.6 Å². The molecule has 0 spiro atoms. The van der Waals surface area contributed by atoms with Crippen molar-refractivity contribution in [1.82, 2.24) is 15.2 Å². The number of aliphatic hydroxyl groups is 1. The third-order valence-electron chi connectivity index (χ3n) is 3.64. The fourth-order valence-electron chi connectivity index (χ4n) is 2.39. The summed E-state index contributed by atoms with van der Waals surface area (Å²) >= 11 is 1.79. The van der Waals surface area contributed by atoms with Gasteiger partial charge < -0.3 is 15.3 Å². The van der Waals surface area contributed by atoms with Crippen LogP contribution < -0.4 is 5.32 Å². The molecule has 0 amide bonds. The summed E-state index contributed by atoms with van der Waals surface area (Å²) in [5.74, 6) is 0.969. The van der Waals surface area contributed by atoms with E-state index in [2.05, 4.69) is 29.0 Å². The fraction of sp³-hybridized carbons (Fsp3) is 0.733. The van der Waals surface area contributed by atoms with E-state index < -0.39 is 0 Å². The predicted molar refractivity (Wildman–Crippen MR) is 88.0 cm³/mol. The van der Waals surface area contributed by atoms with E-state index in [9.17, 15) is 5.11 Å². The van der Waals surface area contributed by atoms with Crippen molar-refractivity contribution in [2.24, 2.45) is 4.99 Å². The topological polar surface area (TPSA) is 60.8 Å². The van der Waals surface area contributed by atoms with Crippen LogP contribution in [0.15, 0.2) is 11.2 Å². The number of nitrogens with zero attached hydrogens (tertiary/aromatic N) is 3. The van der Waals surface area contributed by atoms with Gasteiger partial charge in [-0.2, -0.15) is 0 Å². The monoisotopic (exact) mass is 310 g/mol. The molecule has 0 aromatic carbocycles. The zero-order valence-corrected chi connectivity index (χ0v) is 13.8. The average Bonchev–Trinajstić information content (AvgIpc) is 2.95. The molecule has 6 heteroatoms. The van der Waals surface area contributed by atoms with E-state index >= 15 is 0 Å². The van der Waals surface area contributed by atoms with Gasteiger partial charge in [0.2, 0.25) is 0 Å². The first kappa shape index (κ1) is 16.2. The van der Waals surface area contributed by atoms with Gasteiger partial charge in [0, 0.05) is 43.7 Å². The van der Waals surface area contributed by atoms with Gasteiger partial charge in [-0.25, -0.2) is 4.98 Å².